The highest BCUT2D eigenvalue weighted by Gasteiger charge is 2.32. The summed E-state index contributed by atoms with van der Waals surface area (Å²) in [6, 6.07) is 14.0. The molecule has 0 aromatic heterocycles. The quantitative estimate of drug-likeness (QED) is 0.369. The standard InChI is InChI=1S/C27H33N3O/c1-17(2)21-10-9-11-22(18(3)4)25(21)30-24(19-12-14-20(28-8)15-13-19)26-29-23(16-31-26)27(5,6)7/h9-15,17-18,23H,16H2,1-7H3/t23-/m1/s1. The maximum absolute atomic E-state index is 7.26. The van der Waals surface area contributed by atoms with Gasteiger partial charge in [-0.05, 0) is 28.4 Å². The zero-order valence-electron chi connectivity index (χ0n) is 19.7. The van der Waals surface area contributed by atoms with Crippen LogP contribution in [0.1, 0.15) is 77.0 Å². The zero-order chi connectivity index (χ0) is 22.8. The fourth-order valence-electron chi connectivity index (χ4n) is 3.63. The van der Waals surface area contributed by atoms with Gasteiger partial charge >= 0.3 is 0 Å². The first kappa shape index (κ1) is 22.7. The fourth-order valence-corrected chi connectivity index (χ4v) is 3.63. The second-order valence-corrected chi connectivity index (χ2v) is 9.84. The molecule has 2 aromatic carbocycles. The summed E-state index contributed by atoms with van der Waals surface area (Å²) in [5, 5.41) is 0. The van der Waals surface area contributed by atoms with Crippen LogP contribution in [0.4, 0.5) is 11.4 Å². The van der Waals surface area contributed by atoms with E-state index >= 15 is 0 Å². The van der Waals surface area contributed by atoms with Gasteiger partial charge in [-0.25, -0.2) is 14.8 Å². The number of hydrogen-bond donors (Lipinski definition) is 0. The predicted octanol–water partition coefficient (Wildman–Crippen LogP) is 7.45. The molecule has 2 aromatic rings. The number of benzene rings is 2. The van der Waals surface area contributed by atoms with Crippen LogP contribution in [0.3, 0.4) is 0 Å². The largest absolute Gasteiger partial charge is 0.474 e. The maximum atomic E-state index is 7.26. The first-order chi connectivity index (χ1) is 14.6. The Labute approximate surface area is 186 Å². The predicted molar refractivity (Wildman–Crippen MR) is 130 cm³/mol. The molecule has 0 N–H and O–H groups in total. The van der Waals surface area contributed by atoms with Crippen LogP contribution >= 0.6 is 0 Å². The van der Waals surface area contributed by atoms with Gasteiger partial charge in [0.1, 0.15) is 12.3 Å². The Morgan fingerprint density at radius 3 is 2.06 bits per heavy atom. The molecule has 31 heavy (non-hydrogen) atoms. The third kappa shape index (κ3) is 5.05. The first-order valence-corrected chi connectivity index (χ1v) is 11.0. The zero-order valence-corrected chi connectivity index (χ0v) is 19.7. The SMILES string of the molecule is [C-]#[N+]c1ccc(C(=Nc2c(C(C)C)cccc2C(C)C)C2=N[C@@H](C(C)(C)C)CO2)cc1. The van der Waals surface area contributed by atoms with Gasteiger partial charge < -0.3 is 4.74 Å². The van der Waals surface area contributed by atoms with Gasteiger partial charge in [-0.15, -0.1) is 0 Å². The molecule has 0 saturated heterocycles. The summed E-state index contributed by atoms with van der Waals surface area (Å²) in [4.78, 5) is 13.7. The molecule has 4 nitrogen and oxygen atoms in total. The molecule has 0 fully saturated rings. The molecule has 0 bridgehead atoms. The van der Waals surface area contributed by atoms with E-state index in [1.807, 2.05) is 24.3 Å². The van der Waals surface area contributed by atoms with Gasteiger partial charge in [0.25, 0.3) is 0 Å². The van der Waals surface area contributed by atoms with Crippen LogP contribution in [0, 0.1) is 12.0 Å². The van der Waals surface area contributed by atoms with E-state index in [0.717, 1.165) is 17.0 Å². The highest BCUT2D eigenvalue weighted by molar-refractivity contribution is 6.46. The minimum atomic E-state index is 0.0136. The third-order valence-electron chi connectivity index (χ3n) is 5.69. The number of nitrogens with zero attached hydrogens (tertiary/aromatic N) is 3. The van der Waals surface area contributed by atoms with Gasteiger partial charge in [0.05, 0.1) is 18.3 Å². The van der Waals surface area contributed by atoms with E-state index in [1.54, 1.807) is 0 Å². The van der Waals surface area contributed by atoms with Crippen molar-refractivity contribution in [3.05, 3.63) is 70.6 Å². The van der Waals surface area contributed by atoms with Crippen LogP contribution in [0.15, 0.2) is 52.4 Å². The van der Waals surface area contributed by atoms with Gasteiger partial charge in [-0.2, -0.15) is 0 Å². The van der Waals surface area contributed by atoms with Crippen molar-refractivity contribution in [1.29, 1.82) is 0 Å². The maximum Gasteiger partial charge on any atom is 0.236 e. The van der Waals surface area contributed by atoms with Crippen LogP contribution < -0.4 is 0 Å². The smallest absolute Gasteiger partial charge is 0.236 e. The minimum Gasteiger partial charge on any atom is -0.474 e. The van der Waals surface area contributed by atoms with Gasteiger partial charge in [0, 0.05) is 5.56 Å². The molecule has 1 heterocycles. The van der Waals surface area contributed by atoms with Gasteiger partial charge in [0.15, 0.2) is 5.69 Å². The molecule has 3 rings (SSSR count). The van der Waals surface area contributed by atoms with Crippen molar-refractivity contribution in [2.45, 2.75) is 66.3 Å². The summed E-state index contributed by atoms with van der Waals surface area (Å²) in [5.41, 5.74) is 5.70. The molecule has 0 radical (unpaired) electrons. The molecular formula is C27H33N3O. The van der Waals surface area contributed by atoms with E-state index in [9.17, 15) is 0 Å². The molecule has 4 heteroatoms. The Balaban J connectivity index is 2.23. The number of aliphatic imine (C=N–C) groups is 2. The molecule has 1 aliphatic rings. The Morgan fingerprint density at radius 2 is 1.61 bits per heavy atom. The van der Waals surface area contributed by atoms with Crippen molar-refractivity contribution in [1.82, 2.24) is 0 Å². The normalized spacial score (nSPS) is 17.0. The molecule has 0 amide bonds. The Hall–Kier alpha value is -2.93. The van der Waals surface area contributed by atoms with Crippen molar-refractivity contribution in [2.24, 2.45) is 15.4 Å². The molecule has 1 aliphatic heterocycles. The minimum absolute atomic E-state index is 0.0136. The van der Waals surface area contributed by atoms with E-state index < -0.39 is 0 Å². The van der Waals surface area contributed by atoms with Crippen molar-refractivity contribution >= 4 is 23.0 Å². The first-order valence-electron chi connectivity index (χ1n) is 11.0. The van der Waals surface area contributed by atoms with E-state index in [0.29, 0.717) is 30.0 Å². The second kappa shape index (κ2) is 9.06. The van der Waals surface area contributed by atoms with E-state index in [2.05, 4.69) is 71.5 Å². The van der Waals surface area contributed by atoms with Crippen LogP contribution in [-0.2, 0) is 4.74 Å². The molecular weight excluding hydrogens is 382 g/mol. The Kier molecular flexibility index (Phi) is 6.65. The monoisotopic (exact) mass is 415 g/mol. The number of hydrogen-bond acceptors (Lipinski definition) is 3. The molecule has 0 aliphatic carbocycles. The van der Waals surface area contributed by atoms with E-state index in [4.69, 9.17) is 21.3 Å². The van der Waals surface area contributed by atoms with Crippen LogP contribution in [0.2, 0.25) is 0 Å². The van der Waals surface area contributed by atoms with Crippen LogP contribution in [0.25, 0.3) is 4.85 Å². The molecule has 0 unspecified atom stereocenters. The van der Waals surface area contributed by atoms with Crippen LogP contribution in [-0.4, -0.2) is 24.3 Å². The second-order valence-electron chi connectivity index (χ2n) is 9.84. The van der Waals surface area contributed by atoms with Gasteiger partial charge in [0.2, 0.25) is 5.90 Å². The Morgan fingerprint density at radius 1 is 1.03 bits per heavy atom. The lowest BCUT2D eigenvalue weighted by molar-refractivity contribution is 0.237. The summed E-state index contributed by atoms with van der Waals surface area (Å²) >= 11 is 0. The lowest BCUT2D eigenvalue weighted by atomic mass is 9.88. The highest BCUT2D eigenvalue weighted by atomic mass is 16.5. The molecule has 1 atom stereocenters. The molecule has 0 saturated carbocycles. The van der Waals surface area contributed by atoms with Crippen molar-refractivity contribution in [3.8, 4) is 0 Å². The Bertz CT molecular complexity index is 1010. The van der Waals surface area contributed by atoms with Gasteiger partial charge in [-0.3, -0.25) is 0 Å². The van der Waals surface area contributed by atoms with Crippen molar-refractivity contribution in [3.63, 3.8) is 0 Å². The summed E-state index contributed by atoms with van der Waals surface area (Å²) < 4.78 is 6.10. The van der Waals surface area contributed by atoms with Crippen molar-refractivity contribution in [2.75, 3.05) is 6.61 Å². The van der Waals surface area contributed by atoms with Crippen molar-refractivity contribution < 1.29 is 4.74 Å². The average Bonchev–Trinajstić information content (AvgIpc) is 3.22. The number of rotatable bonds is 5. The summed E-state index contributed by atoms with van der Waals surface area (Å²) in [5.74, 6) is 1.28. The average molecular weight is 416 g/mol. The summed E-state index contributed by atoms with van der Waals surface area (Å²) in [6.07, 6.45) is 0. The topological polar surface area (TPSA) is 38.3 Å². The lowest BCUT2D eigenvalue weighted by Gasteiger charge is -2.21. The molecule has 0 spiro atoms. The van der Waals surface area contributed by atoms with E-state index in [-0.39, 0.29) is 11.5 Å². The lowest BCUT2D eigenvalue weighted by Crippen LogP contribution is -2.25. The number of ether oxygens (including phenoxy) is 1. The third-order valence-corrected chi connectivity index (χ3v) is 5.69. The fraction of sp³-hybridized carbons (Fsp3) is 0.444. The highest BCUT2D eigenvalue weighted by Crippen LogP contribution is 2.36. The number of para-hydroxylation sites is 1. The summed E-state index contributed by atoms with van der Waals surface area (Å²) in [7, 11) is 0. The van der Waals surface area contributed by atoms with Gasteiger partial charge in [-0.1, -0.05) is 90.9 Å². The van der Waals surface area contributed by atoms with E-state index in [1.165, 1.54) is 11.1 Å². The summed E-state index contributed by atoms with van der Waals surface area (Å²) in [6.45, 7) is 23.1. The van der Waals surface area contributed by atoms with Crippen LogP contribution in [0.5, 0.6) is 0 Å². The molecule has 162 valence electrons.